The Kier molecular flexibility index (Phi) is 5.23. The van der Waals surface area contributed by atoms with Gasteiger partial charge < -0.3 is 15.5 Å². The van der Waals surface area contributed by atoms with Gasteiger partial charge in [0.05, 0.1) is 5.92 Å². The third kappa shape index (κ3) is 3.83. The van der Waals surface area contributed by atoms with Gasteiger partial charge in [0.15, 0.2) is 5.82 Å². The van der Waals surface area contributed by atoms with E-state index in [1.54, 1.807) is 10.9 Å². The highest BCUT2D eigenvalue weighted by molar-refractivity contribution is 5.81. The molecule has 0 saturated carbocycles. The highest BCUT2D eigenvalue weighted by atomic mass is 16.2. The van der Waals surface area contributed by atoms with E-state index in [0.29, 0.717) is 38.3 Å². The van der Waals surface area contributed by atoms with Crippen LogP contribution in [0.2, 0.25) is 0 Å². The van der Waals surface area contributed by atoms with Gasteiger partial charge in [0.2, 0.25) is 11.8 Å². The smallest absolute Gasteiger partial charge is 0.227 e. The molecule has 0 bridgehead atoms. The van der Waals surface area contributed by atoms with E-state index in [1.807, 2.05) is 23.2 Å². The summed E-state index contributed by atoms with van der Waals surface area (Å²) in [6.07, 6.45) is 8.22. The number of likely N-dealkylation sites (tertiary alicyclic amines) is 1. The number of rotatable bonds is 4. The van der Waals surface area contributed by atoms with E-state index < -0.39 is 0 Å². The molecular formula is C19H25N7O2. The Labute approximate surface area is 163 Å². The maximum Gasteiger partial charge on any atom is 0.227 e. The number of hydrogen-bond acceptors (Lipinski definition) is 6. The van der Waals surface area contributed by atoms with Gasteiger partial charge in [0.1, 0.15) is 12.1 Å². The summed E-state index contributed by atoms with van der Waals surface area (Å²) in [5.74, 6) is 1.28. The van der Waals surface area contributed by atoms with Crippen LogP contribution in [-0.2, 0) is 9.59 Å². The van der Waals surface area contributed by atoms with E-state index in [4.69, 9.17) is 5.73 Å². The minimum absolute atomic E-state index is 0.0537. The first-order valence-corrected chi connectivity index (χ1v) is 9.77. The van der Waals surface area contributed by atoms with Crippen molar-refractivity contribution in [2.24, 2.45) is 17.6 Å². The molecule has 2 aromatic heterocycles. The van der Waals surface area contributed by atoms with Gasteiger partial charge in [0, 0.05) is 50.6 Å². The Morgan fingerprint density at radius 2 is 1.82 bits per heavy atom. The Hall–Kier alpha value is -2.97. The Morgan fingerprint density at radius 1 is 1.04 bits per heavy atom. The van der Waals surface area contributed by atoms with E-state index in [1.165, 1.54) is 6.33 Å². The largest absolute Gasteiger partial charge is 0.369 e. The first kappa shape index (κ1) is 18.4. The van der Waals surface area contributed by atoms with Crippen LogP contribution >= 0.6 is 0 Å². The molecule has 0 aromatic carbocycles. The van der Waals surface area contributed by atoms with Crippen LogP contribution in [0.1, 0.15) is 25.7 Å². The van der Waals surface area contributed by atoms with Crippen molar-refractivity contribution < 1.29 is 9.59 Å². The predicted octanol–water partition coefficient (Wildman–Crippen LogP) is 0.603. The molecule has 2 aliphatic rings. The van der Waals surface area contributed by atoms with Crippen molar-refractivity contribution >= 4 is 17.6 Å². The fraction of sp³-hybridized carbons (Fsp3) is 0.526. The molecule has 9 nitrogen and oxygen atoms in total. The lowest BCUT2D eigenvalue weighted by Gasteiger charge is -2.37. The second kappa shape index (κ2) is 7.95. The van der Waals surface area contributed by atoms with E-state index in [9.17, 15) is 9.59 Å². The summed E-state index contributed by atoms with van der Waals surface area (Å²) in [4.78, 5) is 37.1. The summed E-state index contributed by atoms with van der Waals surface area (Å²) in [6.45, 7) is 2.73. The van der Waals surface area contributed by atoms with Gasteiger partial charge in [-0.15, -0.1) is 0 Å². The minimum atomic E-state index is -0.257. The van der Waals surface area contributed by atoms with Gasteiger partial charge in [0.25, 0.3) is 0 Å². The lowest BCUT2D eigenvalue weighted by molar-refractivity contribution is -0.138. The first-order valence-electron chi connectivity index (χ1n) is 9.77. The lowest BCUT2D eigenvalue weighted by atomic mass is 9.92. The third-order valence-electron chi connectivity index (χ3n) is 5.68. The van der Waals surface area contributed by atoms with Crippen LogP contribution in [0.4, 0.5) is 5.82 Å². The van der Waals surface area contributed by atoms with Gasteiger partial charge in [-0.05, 0) is 31.7 Å². The Balaban J connectivity index is 1.41. The topological polar surface area (TPSA) is 110 Å². The first-order chi connectivity index (χ1) is 13.6. The van der Waals surface area contributed by atoms with Crippen LogP contribution in [0, 0.1) is 11.8 Å². The quantitative estimate of drug-likeness (QED) is 0.828. The van der Waals surface area contributed by atoms with Crippen LogP contribution in [0.15, 0.2) is 30.9 Å². The predicted molar refractivity (Wildman–Crippen MR) is 103 cm³/mol. The number of carbonyl (C=O) groups is 2. The number of carbonyl (C=O) groups excluding carboxylic acids is 2. The third-order valence-corrected chi connectivity index (χ3v) is 5.68. The van der Waals surface area contributed by atoms with Crippen molar-refractivity contribution in [3.8, 4) is 5.82 Å². The maximum atomic E-state index is 13.0. The fourth-order valence-corrected chi connectivity index (χ4v) is 4.07. The number of hydrogen-bond donors (Lipinski definition) is 1. The molecule has 0 aliphatic carbocycles. The van der Waals surface area contributed by atoms with Crippen molar-refractivity contribution in [3.63, 3.8) is 0 Å². The number of anilines is 1. The summed E-state index contributed by atoms with van der Waals surface area (Å²) >= 11 is 0. The van der Waals surface area contributed by atoms with Gasteiger partial charge in [-0.3, -0.25) is 9.59 Å². The molecule has 0 radical (unpaired) electrons. The molecule has 2 N–H and O–H groups in total. The molecule has 2 aromatic rings. The van der Waals surface area contributed by atoms with Crippen LogP contribution < -0.4 is 10.6 Å². The molecule has 2 fully saturated rings. The lowest BCUT2D eigenvalue weighted by Crippen LogP contribution is -2.48. The highest BCUT2D eigenvalue weighted by Gasteiger charge is 2.33. The molecule has 0 spiro atoms. The summed E-state index contributed by atoms with van der Waals surface area (Å²) < 4.78 is 1.70. The molecule has 2 amide bonds. The van der Waals surface area contributed by atoms with Crippen LogP contribution in [0.25, 0.3) is 5.82 Å². The number of nitrogens with zero attached hydrogens (tertiary/aromatic N) is 6. The van der Waals surface area contributed by atoms with E-state index in [2.05, 4.69) is 20.0 Å². The second-order valence-corrected chi connectivity index (χ2v) is 7.47. The summed E-state index contributed by atoms with van der Waals surface area (Å²) in [5.41, 5.74) is 5.39. The Morgan fingerprint density at radius 3 is 2.54 bits per heavy atom. The molecule has 1 unspecified atom stereocenters. The molecular weight excluding hydrogens is 358 g/mol. The fourth-order valence-electron chi connectivity index (χ4n) is 4.07. The zero-order valence-corrected chi connectivity index (χ0v) is 15.8. The zero-order chi connectivity index (χ0) is 19.5. The molecule has 4 rings (SSSR count). The van der Waals surface area contributed by atoms with E-state index >= 15 is 0 Å². The van der Waals surface area contributed by atoms with Gasteiger partial charge in [-0.1, -0.05) is 0 Å². The van der Waals surface area contributed by atoms with Gasteiger partial charge in [-0.25, -0.2) is 14.6 Å². The van der Waals surface area contributed by atoms with E-state index in [-0.39, 0.29) is 23.7 Å². The Bertz CT molecular complexity index is 831. The van der Waals surface area contributed by atoms with Crippen molar-refractivity contribution in [1.82, 2.24) is 24.6 Å². The average molecular weight is 383 g/mol. The van der Waals surface area contributed by atoms with Gasteiger partial charge in [-0.2, -0.15) is 5.10 Å². The normalized spacial score (nSPS) is 20.9. The van der Waals surface area contributed by atoms with Crippen LogP contribution in [0.5, 0.6) is 0 Å². The number of primary amides is 1. The van der Waals surface area contributed by atoms with Crippen LogP contribution in [-0.4, -0.2) is 62.6 Å². The molecule has 28 heavy (non-hydrogen) atoms. The molecule has 148 valence electrons. The van der Waals surface area contributed by atoms with Crippen molar-refractivity contribution in [2.75, 3.05) is 31.1 Å². The SMILES string of the molecule is NC(=O)C1CCN(C(=O)C2CCCN(c3cc(-n4cccn4)ncn3)C2)CC1. The second-order valence-electron chi connectivity index (χ2n) is 7.47. The molecule has 4 heterocycles. The average Bonchev–Trinajstić information content (AvgIpc) is 3.28. The monoisotopic (exact) mass is 383 g/mol. The summed E-state index contributed by atoms with van der Waals surface area (Å²) in [5, 5.41) is 4.21. The molecule has 2 saturated heterocycles. The number of amides is 2. The summed E-state index contributed by atoms with van der Waals surface area (Å²) in [7, 11) is 0. The van der Waals surface area contributed by atoms with E-state index in [0.717, 1.165) is 25.2 Å². The summed E-state index contributed by atoms with van der Waals surface area (Å²) in [6, 6.07) is 3.75. The maximum absolute atomic E-state index is 13.0. The standard InChI is InChI=1S/C19H25N7O2/c20-18(27)14-4-9-24(10-5-14)19(28)15-3-1-7-25(12-15)16-11-17(22-13-21-16)26-8-2-6-23-26/h2,6,8,11,13-15H,1,3-5,7,9-10,12H2,(H2,20,27). The van der Waals surface area contributed by atoms with Crippen molar-refractivity contribution in [2.45, 2.75) is 25.7 Å². The molecule has 9 heteroatoms. The number of nitrogens with two attached hydrogens (primary N) is 1. The van der Waals surface area contributed by atoms with Gasteiger partial charge >= 0.3 is 0 Å². The van der Waals surface area contributed by atoms with Crippen LogP contribution in [0.3, 0.4) is 0 Å². The molecule has 1 atom stereocenters. The van der Waals surface area contributed by atoms with Crippen molar-refractivity contribution in [3.05, 3.63) is 30.9 Å². The number of piperidine rings is 2. The molecule has 2 aliphatic heterocycles. The highest BCUT2D eigenvalue weighted by Crippen LogP contribution is 2.26. The van der Waals surface area contributed by atoms with Crippen molar-refractivity contribution in [1.29, 1.82) is 0 Å². The zero-order valence-electron chi connectivity index (χ0n) is 15.8. The minimum Gasteiger partial charge on any atom is -0.369 e. The number of aromatic nitrogens is 4.